The van der Waals surface area contributed by atoms with Crippen molar-refractivity contribution in [1.82, 2.24) is 10.3 Å². The maximum atomic E-state index is 6.24. The highest BCUT2D eigenvalue weighted by Gasteiger charge is 2.09. The lowest BCUT2D eigenvalue weighted by molar-refractivity contribution is 0.458. The maximum absolute atomic E-state index is 6.24. The van der Waals surface area contributed by atoms with Crippen LogP contribution in [0, 0.1) is 13.8 Å². The van der Waals surface area contributed by atoms with Crippen molar-refractivity contribution >= 4 is 11.6 Å². The van der Waals surface area contributed by atoms with E-state index < -0.39 is 0 Å². The van der Waals surface area contributed by atoms with Crippen LogP contribution in [-0.2, 0) is 6.54 Å². The molecule has 1 N–H and O–H groups in total. The molecule has 0 saturated carbocycles. The molecule has 0 aliphatic rings. The maximum Gasteiger partial charge on any atom is 0.238 e. The molecule has 1 aromatic heterocycles. The van der Waals surface area contributed by atoms with Crippen LogP contribution in [-0.4, -0.2) is 11.5 Å². The van der Waals surface area contributed by atoms with Crippen LogP contribution in [0.4, 0.5) is 0 Å². The first-order chi connectivity index (χ1) is 9.61. The molecular weight excluding hydrogens is 272 g/mol. The summed E-state index contributed by atoms with van der Waals surface area (Å²) >= 11 is 6.24. The second kappa shape index (κ2) is 6.73. The summed E-state index contributed by atoms with van der Waals surface area (Å²) in [4.78, 5) is 4.30. The molecule has 1 heterocycles. The Labute approximate surface area is 124 Å². The number of hydrogen-bond donors (Lipinski definition) is 1. The van der Waals surface area contributed by atoms with Gasteiger partial charge in [0.05, 0.1) is 0 Å². The van der Waals surface area contributed by atoms with Crippen LogP contribution < -0.4 is 10.1 Å². The van der Waals surface area contributed by atoms with Crippen molar-refractivity contribution in [1.29, 1.82) is 0 Å². The molecule has 2 aromatic rings. The van der Waals surface area contributed by atoms with Crippen LogP contribution in [0.1, 0.15) is 23.6 Å². The monoisotopic (exact) mass is 290 g/mol. The second-order valence-electron chi connectivity index (χ2n) is 4.71. The fourth-order valence-corrected chi connectivity index (χ4v) is 2.07. The SMILES string of the molecule is CCNCc1cnc(Oc2cccc(C)c2C)c(Cl)c1. The summed E-state index contributed by atoms with van der Waals surface area (Å²) in [5.74, 6) is 1.24. The predicted molar refractivity (Wildman–Crippen MR) is 82.6 cm³/mol. The first kappa shape index (κ1) is 14.8. The highest BCUT2D eigenvalue weighted by molar-refractivity contribution is 6.31. The standard InChI is InChI=1S/C16H19ClN2O/c1-4-18-9-13-8-14(17)16(19-10-13)20-15-7-5-6-11(2)12(15)3/h5-8,10,18H,4,9H2,1-3H3. The number of ether oxygens (including phenoxy) is 1. The quantitative estimate of drug-likeness (QED) is 0.894. The topological polar surface area (TPSA) is 34.2 Å². The molecule has 0 aliphatic heterocycles. The summed E-state index contributed by atoms with van der Waals surface area (Å²) in [7, 11) is 0. The van der Waals surface area contributed by atoms with Gasteiger partial charge in [-0.1, -0.05) is 30.7 Å². The minimum absolute atomic E-state index is 0.445. The molecule has 0 fully saturated rings. The molecule has 20 heavy (non-hydrogen) atoms. The summed E-state index contributed by atoms with van der Waals surface area (Å²) < 4.78 is 5.82. The Morgan fingerprint density at radius 2 is 2.10 bits per heavy atom. The molecule has 0 aliphatic carbocycles. The van der Waals surface area contributed by atoms with Crippen LogP contribution >= 0.6 is 11.6 Å². The fourth-order valence-electron chi connectivity index (χ4n) is 1.84. The van der Waals surface area contributed by atoms with Crippen LogP contribution in [0.25, 0.3) is 0 Å². The number of aromatic nitrogens is 1. The van der Waals surface area contributed by atoms with Crippen molar-refractivity contribution in [3.8, 4) is 11.6 Å². The Bertz CT molecular complexity index is 599. The molecule has 4 heteroatoms. The van der Waals surface area contributed by atoms with Gasteiger partial charge in [-0.25, -0.2) is 4.98 Å². The third-order valence-electron chi connectivity index (χ3n) is 3.20. The number of aryl methyl sites for hydroxylation is 1. The molecular formula is C16H19ClN2O. The molecule has 0 saturated heterocycles. The molecule has 0 bridgehead atoms. The average Bonchev–Trinajstić information content (AvgIpc) is 2.44. The van der Waals surface area contributed by atoms with E-state index in [1.165, 1.54) is 5.56 Å². The third-order valence-corrected chi connectivity index (χ3v) is 3.48. The van der Waals surface area contributed by atoms with E-state index in [9.17, 15) is 0 Å². The number of benzene rings is 1. The molecule has 106 valence electrons. The van der Waals surface area contributed by atoms with Crippen molar-refractivity contribution in [2.75, 3.05) is 6.54 Å². The molecule has 0 amide bonds. The van der Waals surface area contributed by atoms with E-state index >= 15 is 0 Å². The van der Waals surface area contributed by atoms with Gasteiger partial charge >= 0.3 is 0 Å². The predicted octanol–water partition coefficient (Wildman–Crippen LogP) is 4.25. The summed E-state index contributed by atoms with van der Waals surface area (Å²) in [5, 5.41) is 3.77. The minimum atomic E-state index is 0.445. The van der Waals surface area contributed by atoms with E-state index in [0.29, 0.717) is 10.9 Å². The zero-order valence-electron chi connectivity index (χ0n) is 12.0. The third kappa shape index (κ3) is 3.50. The molecule has 3 nitrogen and oxygen atoms in total. The smallest absolute Gasteiger partial charge is 0.238 e. The minimum Gasteiger partial charge on any atom is -0.437 e. The van der Waals surface area contributed by atoms with Gasteiger partial charge in [-0.05, 0) is 49.2 Å². The van der Waals surface area contributed by atoms with Crippen molar-refractivity contribution < 1.29 is 4.74 Å². The number of pyridine rings is 1. The van der Waals surface area contributed by atoms with Crippen LogP contribution in [0.2, 0.25) is 5.02 Å². The molecule has 0 unspecified atom stereocenters. The molecule has 0 radical (unpaired) electrons. The zero-order valence-corrected chi connectivity index (χ0v) is 12.8. The number of nitrogens with zero attached hydrogens (tertiary/aromatic N) is 1. The lowest BCUT2D eigenvalue weighted by Crippen LogP contribution is -2.11. The van der Waals surface area contributed by atoms with Gasteiger partial charge in [-0.15, -0.1) is 0 Å². The fraction of sp³-hybridized carbons (Fsp3) is 0.312. The van der Waals surface area contributed by atoms with Gasteiger partial charge in [0, 0.05) is 12.7 Å². The van der Waals surface area contributed by atoms with Crippen molar-refractivity contribution in [2.45, 2.75) is 27.3 Å². The lowest BCUT2D eigenvalue weighted by atomic mass is 10.1. The first-order valence-corrected chi connectivity index (χ1v) is 7.08. The molecule has 0 atom stereocenters. The van der Waals surface area contributed by atoms with Crippen molar-refractivity contribution in [2.24, 2.45) is 0 Å². The summed E-state index contributed by atoms with van der Waals surface area (Å²) in [6, 6.07) is 7.83. The van der Waals surface area contributed by atoms with E-state index in [-0.39, 0.29) is 0 Å². The normalized spacial score (nSPS) is 10.6. The van der Waals surface area contributed by atoms with Crippen molar-refractivity contribution in [3.05, 3.63) is 52.2 Å². The second-order valence-corrected chi connectivity index (χ2v) is 5.12. The number of halogens is 1. The highest BCUT2D eigenvalue weighted by atomic mass is 35.5. The number of rotatable bonds is 5. The van der Waals surface area contributed by atoms with Gasteiger partial charge in [-0.2, -0.15) is 0 Å². The van der Waals surface area contributed by atoms with Gasteiger partial charge in [0.1, 0.15) is 10.8 Å². The van der Waals surface area contributed by atoms with E-state index in [2.05, 4.69) is 30.2 Å². The first-order valence-electron chi connectivity index (χ1n) is 6.71. The van der Waals surface area contributed by atoms with Gasteiger partial charge in [0.15, 0.2) is 0 Å². The lowest BCUT2D eigenvalue weighted by Gasteiger charge is -2.11. The van der Waals surface area contributed by atoms with Gasteiger partial charge in [-0.3, -0.25) is 0 Å². The highest BCUT2D eigenvalue weighted by Crippen LogP contribution is 2.30. The summed E-state index contributed by atoms with van der Waals surface area (Å²) in [5.41, 5.74) is 3.33. The van der Waals surface area contributed by atoms with E-state index in [0.717, 1.165) is 30.0 Å². The average molecular weight is 291 g/mol. The Morgan fingerprint density at radius 1 is 1.30 bits per heavy atom. The van der Waals surface area contributed by atoms with Gasteiger partial charge < -0.3 is 10.1 Å². The number of nitrogens with one attached hydrogen (secondary N) is 1. The zero-order chi connectivity index (χ0) is 14.5. The van der Waals surface area contributed by atoms with Gasteiger partial charge in [0.25, 0.3) is 0 Å². The molecule has 1 aromatic carbocycles. The van der Waals surface area contributed by atoms with E-state index in [4.69, 9.17) is 16.3 Å². The Kier molecular flexibility index (Phi) is 4.99. The van der Waals surface area contributed by atoms with Crippen LogP contribution in [0.3, 0.4) is 0 Å². The molecule has 0 spiro atoms. The Balaban J connectivity index is 2.19. The molecule has 2 rings (SSSR count). The summed E-state index contributed by atoms with van der Waals surface area (Å²) in [6.45, 7) is 7.81. The number of hydrogen-bond acceptors (Lipinski definition) is 3. The van der Waals surface area contributed by atoms with E-state index in [1.54, 1.807) is 6.20 Å². The Hall–Kier alpha value is -1.58. The largest absolute Gasteiger partial charge is 0.437 e. The van der Waals surface area contributed by atoms with Crippen molar-refractivity contribution in [3.63, 3.8) is 0 Å². The van der Waals surface area contributed by atoms with E-state index in [1.807, 2.05) is 25.1 Å². The van der Waals surface area contributed by atoms with Crippen LogP contribution in [0.15, 0.2) is 30.5 Å². The van der Waals surface area contributed by atoms with Crippen LogP contribution in [0.5, 0.6) is 11.6 Å². The summed E-state index contributed by atoms with van der Waals surface area (Å²) in [6.07, 6.45) is 1.79. The Morgan fingerprint density at radius 3 is 2.80 bits per heavy atom. The van der Waals surface area contributed by atoms with Gasteiger partial charge in [0.2, 0.25) is 5.88 Å².